The quantitative estimate of drug-likeness (QED) is 0.563. The van der Waals surface area contributed by atoms with Gasteiger partial charge in [-0.3, -0.25) is 4.79 Å². The van der Waals surface area contributed by atoms with Crippen LogP contribution in [0.1, 0.15) is 26.2 Å². The van der Waals surface area contributed by atoms with E-state index in [1.54, 1.807) is 17.0 Å². The molecule has 0 spiro atoms. The molecule has 0 radical (unpaired) electrons. The molecular formula is C13H17ClFNO. The molecule has 1 rings (SSSR count). The van der Waals surface area contributed by atoms with Gasteiger partial charge in [0.2, 0.25) is 5.91 Å². The smallest absolute Gasteiger partial charge is 0.226 e. The van der Waals surface area contributed by atoms with Crippen molar-refractivity contribution in [2.45, 2.75) is 26.2 Å². The SMILES string of the molecule is CCN(C(=O)CCCCCl)c1ccc(F)cc1. The van der Waals surface area contributed by atoms with E-state index in [0.717, 1.165) is 18.5 Å². The number of rotatable bonds is 6. The summed E-state index contributed by atoms with van der Waals surface area (Å²) in [6.07, 6.45) is 2.12. The first-order chi connectivity index (χ1) is 8.19. The molecule has 1 amide bonds. The minimum atomic E-state index is -0.292. The molecule has 94 valence electrons. The maximum absolute atomic E-state index is 12.8. The fraction of sp³-hybridized carbons (Fsp3) is 0.462. The Kier molecular flexibility index (Phi) is 5.98. The van der Waals surface area contributed by atoms with Gasteiger partial charge < -0.3 is 4.90 Å². The first-order valence-electron chi connectivity index (χ1n) is 5.81. The molecule has 0 fully saturated rings. The van der Waals surface area contributed by atoms with Gasteiger partial charge in [0.05, 0.1) is 0 Å². The first-order valence-corrected chi connectivity index (χ1v) is 6.34. The van der Waals surface area contributed by atoms with Crippen LogP contribution in [0.5, 0.6) is 0 Å². The summed E-state index contributed by atoms with van der Waals surface area (Å²) < 4.78 is 12.8. The van der Waals surface area contributed by atoms with E-state index in [1.165, 1.54) is 12.1 Å². The van der Waals surface area contributed by atoms with Gasteiger partial charge in [0, 0.05) is 24.5 Å². The van der Waals surface area contributed by atoms with Crippen molar-refractivity contribution in [3.63, 3.8) is 0 Å². The van der Waals surface area contributed by atoms with Crippen LogP contribution >= 0.6 is 11.6 Å². The van der Waals surface area contributed by atoms with Crippen LogP contribution in [0.25, 0.3) is 0 Å². The molecule has 4 heteroatoms. The van der Waals surface area contributed by atoms with E-state index in [-0.39, 0.29) is 11.7 Å². The number of halogens is 2. The molecule has 0 unspecified atom stereocenters. The molecular weight excluding hydrogens is 241 g/mol. The molecule has 0 heterocycles. The fourth-order valence-electron chi connectivity index (χ4n) is 1.63. The maximum Gasteiger partial charge on any atom is 0.226 e. The summed E-state index contributed by atoms with van der Waals surface area (Å²) in [6, 6.07) is 5.98. The van der Waals surface area contributed by atoms with Crippen molar-refractivity contribution in [2.24, 2.45) is 0 Å². The van der Waals surface area contributed by atoms with Crippen molar-refractivity contribution in [1.82, 2.24) is 0 Å². The number of benzene rings is 1. The highest BCUT2D eigenvalue weighted by Crippen LogP contribution is 2.16. The Balaban J connectivity index is 2.64. The van der Waals surface area contributed by atoms with Crippen molar-refractivity contribution < 1.29 is 9.18 Å². The molecule has 0 aliphatic heterocycles. The second kappa shape index (κ2) is 7.28. The molecule has 0 N–H and O–H groups in total. The van der Waals surface area contributed by atoms with E-state index >= 15 is 0 Å². The highest BCUT2D eigenvalue weighted by Gasteiger charge is 2.13. The highest BCUT2D eigenvalue weighted by atomic mass is 35.5. The van der Waals surface area contributed by atoms with Crippen molar-refractivity contribution in [3.05, 3.63) is 30.1 Å². The Morgan fingerprint density at radius 1 is 1.29 bits per heavy atom. The van der Waals surface area contributed by atoms with Crippen LogP contribution in [0, 0.1) is 5.82 Å². The lowest BCUT2D eigenvalue weighted by Crippen LogP contribution is -2.30. The van der Waals surface area contributed by atoms with Crippen LogP contribution in [0.4, 0.5) is 10.1 Å². The van der Waals surface area contributed by atoms with Gasteiger partial charge in [-0.25, -0.2) is 4.39 Å². The molecule has 0 aliphatic rings. The van der Waals surface area contributed by atoms with Crippen LogP contribution in [-0.2, 0) is 4.79 Å². The van der Waals surface area contributed by atoms with E-state index in [4.69, 9.17) is 11.6 Å². The Bertz CT molecular complexity index is 353. The van der Waals surface area contributed by atoms with Gasteiger partial charge in [-0.2, -0.15) is 0 Å². The average molecular weight is 258 g/mol. The topological polar surface area (TPSA) is 20.3 Å². The van der Waals surface area contributed by atoms with Crippen molar-refractivity contribution in [3.8, 4) is 0 Å². The number of alkyl halides is 1. The predicted octanol–water partition coefficient (Wildman–Crippen LogP) is 3.59. The third-order valence-corrected chi connectivity index (χ3v) is 2.80. The lowest BCUT2D eigenvalue weighted by atomic mass is 10.2. The molecule has 0 bridgehead atoms. The zero-order valence-corrected chi connectivity index (χ0v) is 10.7. The molecule has 0 atom stereocenters. The Labute approximate surface area is 106 Å². The molecule has 17 heavy (non-hydrogen) atoms. The monoisotopic (exact) mass is 257 g/mol. The summed E-state index contributed by atoms with van der Waals surface area (Å²) in [4.78, 5) is 13.6. The van der Waals surface area contributed by atoms with Gasteiger partial charge in [0.1, 0.15) is 5.82 Å². The normalized spacial score (nSPS) is 10.3. The number of unbranched alkanes of at least 4 members (excludes halogenated alkanes) is 1. The maximum atomic E-state index is 12.8. The van der Waals surface area contributed by atoms with E-state index in [9.17, 15) is 9.18 Å². The van der Waals surface area contributed by atoms with Crippen LogP contribution < -0.4 is 4.90 Å². The van der Waals surface area contributed by atoms with Gasteiger partial charge in [0.25, 0.3) is 0 Å². The van der Waals surface area contributed by atoms with E-state index in [2.05, 4.69) is 0 Å². The molecule has 0 saturated carbocycles. The third kappa shape index (κ3) is 4.35. The van der Waals surface area contributed by atoms with E-state index in [0.29, 0.717) is 18.8 Å². The van der Waals surface area contributed by atoms with Crippen LogP contribution in [-0.4, -0.2) is 18.3 Å². The van der Waals surface area contributed by atoms with Crippen molar-refractivity contribution >= 4 is 23.2 Å². The first kappa shape index (κ1) is 14.0. The Morgan fingerprint density at radius 3 is 2.47 bits per heavy atom. The molecule has 0 aliphatic carbocycles. The number of hydrogen-bond donors (Lipinski definition) is 0. The summed E-state index contributed by atoms with van der Waals surface area (Å²) in [5.41, 5.74) is 0.741. The summed E-state index contributed by atoms with van der Waals surface area (Å²) in [5.74, 6) is 0.347. The van der Waals surface area contributed by atoms with Gasteiger partial charge in [-0.15, -0.1) is 11.6 Å². The number of carbonyl (C=O) groups excluding carboxylic acids is 1. The zero-order valence-electron chi connectivity index (χ0n) is 9.96. The van der Waals surface area contributed by atoms with Crippen molar-refractivity contribution in [1.29, 1.82) is 0 Å². The third-order valence-electron chi connectivity index (χ3n) is 2.53. The largest absolute Gasteiger partial charge is 0.313 e. The standard InChI is InChI=1S/C13H17ClFNO/c1-2-16(13(17)5-3-4-10-14)12-8-6-11(15)7-9-12/h6-9H,2-5,10H2,1H3. The summed E-state index contributed by atoms with van der Waals surface area (Å²) in [7, 11) is 0. The lowest BCUT2D eigenvalue weighted by Gasteiger charge is -2.21. The fourth-order valence-corrected chi connectivity index (χ4v) is 1.82. The van der Waals surface area contributed by atoms with Crippen LogP contribution in [0.3, 0.4) is 0 Å². The number of carbonyl (C=O) groups is 1. The molecule has 1 aromatic carbocycles. The number of amides is 1. The average Bonchev–Trinajstić information content (AvgIpc) is 2.33. The Morgan fingerprint density at radius 2 is 1.94 bits per heavy atom. The van der Waals surface area contributed by atoms with E-state index < -0.39 is 0 Å². The summed E-state index contributed by atoms with van der Waals surface area (Å²) in [6.45, 7) is 2.49. The minimum Gasteiger partial charge on any atom is -0.313 e. The predicted molar refractivity (Wildman–Crippen MR) is 69.0 cm³/mol. The van der Waals surface area contributed by atoms with Crippen molar-refractivity contribution in [2.75, 3.05) is 17.3 Å². The highest BCUT2D eigenvalue weighted by molar-refractivity contribution is 6.17. The Hall–Kier alpha value is -1.09. The van der Waals surface area contributed by atoms with Crippen LogP contribution in [0.15, 0.2) is 24.3 Å². The minimum absolute atomic E-state index is 0.0595. The van der Waals surface area contributed by atoms with Gasteiger partial charge >= 0.3 is 0 Å². The second-order valence-electron chi connectivity index (χ2n) is 3.76. The van der Waals surface area contributed by atoms with Gasteiger partial charge in [0.15, 0.2) is 0 Å². The summed E-state index contributed by atoms with van der Waals surface area (Å²) in [5, 5.41) is 0. The summed E-state index contributed by atoms with van der Waals surface area (Å²) >= 11 is 5.57. The lowest BCUT2D eigenvalue weighted by molar-refractivity contribution is -0.118. The second-order valence-corrected chi connectivity index (χ2v) is 4.14. The number of hydrogen-bond acceptors (Lipinski definition) is 1. The molecule has 0 saturated heterocycles. The molecule has 2 nitrogen and oxygen atoms in total. The van der Waals surface area contributed by atoms with E-state index in [1.807, 2.05) is 6.92 Å². The van der Waals surface area contributed by atoms with Crippen LogP contribution in [0.2, 0.25) is 0 Å². The number of nitrogens with zero attached hydrogens (tertiary/aromatic N) is 1. The van der Waals surface area contributed by atoms with Gasteiger partial charge in [-0.05, 0) is 44.0 Å². The molecule has 1 aromatic rings. The zero-order chi connectivity index (χ0) is 12.7. The number of anilines is 1. The van der Waals surface area contributed by atoms with Gasteiger partial charge in [-0.1, -0.05) is 0 Å². The molecule has 0 aromatic heterocycles.